The minimum absolute atomic E-state index is 0.586. The van der Waals surface area contributed by atoms with Crippen LogP contribution in [0.15, 0.2) is 218 Å². The predicted octanol–water partition coefficient (Wildman–Crippen LogP) is 14.4. The second-order valence-electron chi connectivity index (χ2n) is 16.5. The van der Waals surface area contributed by atoms with E-state index >= 15 is 0 Å². The van der Waals surface area contributed by atoms with Gasteiger partial charge in [-0.15, -0.1) is 0 Å². The second-order valence-corrected chi connectivity index (χ2v) is 16.5. The summed E-state index contributed by atoms with van der Waals surface area (Å²) in [5.41, 5.74) is 14.5. The molecule has 64 heavy (non-hydrogen) atoms. The molecule has 0 radical (unpaired) electrons. The lowest BCUT2D eigenvalue weighted by Gasteiger charge is -2.40. The smallest absolute Gasteiger partial charge is 0.164 e. The normalized spacial score (nSPS) is 12.9. The zero-order valence-corrected chi connectivity index (χ0v) is 34.5. The SMILES string of the molecule is c1ccc(-c2nc(-c3ccccc3)nc(-c3ccc(-c4ccc5nc(-c6ccccc6)c6ccc7c(c6c5c4)Oc4ccccc4C74c5ccccc5-c5ccccc54)cc3)n2)cc1. The van der Waals surface area contributed by atoms with Gasteiger partial charge in [-0.25, -0.2) is 19.9 Å². The van der Waals surface area contributed by atoms with Crippen molar-refractivity contribution in [1.29, 1.82) is 0 Å². The number of benzene rings is 9. The van der Waals surface area contributed by atoms with Crippen molar-refractivity contribution in [2.45, 2.75) is 5.41 Å². The van der Waals surface area contributed by atoms with E-state index in [0.717, 1.165) is 83.4 Å². The molecular weight excluding hydrogens is 781 g/mol. The highest BCUT2D eigenvalue weighted by Gasteiger charge is 2.51. The Hall–Kier alpha value is -8.54. The molecule has 5 nitrogen and oxygen atoms in total. The van der Waals surface area contributed by atoms with Crippen molar-refractivity contribution < 1.29 is 4.74 Å². The van der Waals surface area contributed by atoms with Crippen LogP contribution in [0.4, 0.5) is 0 Å². The number of rotatable bonds is 5. The zero-order chi connectivity index (χ0) is 42.2. The first-order valence-corrected chi connectivity index (χ1v) is 21.6. The summed E-state index contributed by atoms with van der Waals surface area (Å²) >= 11 is 0. The fraction of sp³-hybridized carbons (Fsp3) is 0.0169. The number of hydrogen-bond donors (Lipinski definition) is 0. The van der Waals surface area contributed by atoms with Gasteiger partial charge in [0.25, 0.3) is 0 Å². The molecule has 298 valence electrons. The van der Waals surface area contributed by atoms with Gasteiger partial charge in [-0.05, 0) is 51.6 Å². The molecule has 0 N–H and O–H groups in total. The van der Waals surface area contributed by atoms with Gasteiger partial charge in [0, 0.05) is 49.5 Å². The van der Waals surface area contributed by atoms with Gasteiger partial charge in [0.05, 0.1) is 16.6 Å². The van der Waals surface area contributed by atoms with Crippen molar-refractivity contribution >= 4 is 21.7 Å². The molecule has 9 aromatic carbocycles. The lowest BCUT2D eigenvalue weighted by molar-refractivity contribution is 0.442. The summed E-state index contributed by atoms with van der Waals surface area (Å²) in [6, 6.07) is 76.7. The second kappa shape index (κ2) is 14.3. The van der Waals surface area contributed by atoms with E-state index in [9.17, 15) is 0 Å². The maximum absolute atomic E-state index is 7.25. The van der Waals surface area contributed by atoms with Gasteiger partial charge in [-0.2, -0.15) is 0 Å². The maximum Gasteiger partial charge on any atom is 0.164 e. The third-order valence-electron chi connectivity index (χ3n) is 13.0. The number of pyridine rings is 1. The van der Waals surface area contributed by atoms with Gasteiger partial charge in [-0.1, -0.05) is 200 Å². The summed E-state index contributed by atoms with van der Waals surface area (Å²) in [6.45, 7) is 0. The number of ether oxygens (including phenoxy) is 1. The van der Waals surface area contributed by atoms with Crippen LogP contribution in [0.1, 0.15) is 22.3 Å². The molecule has 0 fully saturated rings. The van der Waals surface area contributed by atoms with Crippen LogP contribution < -0.4 is 4.74 Å². The molecule has 3 heterocycles. The molecule has 0 atom stereocenters. The summed E-state index contributed by atoms with van der Waals surface area (Å²) in [4.78, 5) is 20.3. The van der Waals surface area contributed by atoms with E-state index < -0.39 is 5.41 Å². The number of para-hydroxylation sites is 1. The summed E-state index contributed by atoms with van der Waals surface area (Å²) in [5, 5.41) is 3.11. The van der Waals surface area contributed by atoms with E-state index in [2.05, 4.69) is 158 Å². The van der Waals surface area contributed by atoms with E-state index in [1.807, 2.05) is 60.7 Å². The van der Waals surface area contributed by atoms with Gasteiger partial charge in [0.2, 0.25) is 0 Å². The highest BCUT2D eigenvalue weighted by Crippen LogP contribution is 2.63. The molecule has 0 unspecified atom stereocenters. The molecule has 13 rings (SSSR count). The largest absolute Gasteiger partial charge is 0.456 e. The highest BCUT2D eigenvalue weighted by molar-refractivity contribution is 6.16. The molecule has 0 bridgehead atoms. The lowest BCUT2D eigenvalue weighted by Crippen LogP contribution is -2.32. The first kappa shape index (κ1) is 36.1. The Kier molecular flexibility index (Phi) is 8.06. The Morgan fingerprint density at radius 1 is 0.328 bits per heavy atom. The average Bonchev–Trinajstić information content (AvgIpc) is 3.67. The van der Waals surface area contributed by atoms with E-state index in [4.69, 9.17) is 24.7 Å². The first-order chi connectivity index (χ1) is 31.7. The molecule has 1 aliphatic heterocycles. The fourth-order valence-corrected chi connectivity index (χ4v) is 10.1. The number of aromatic nitrogens is 4. The van der Waals surface area contributed by atoms with Crippen molar-refractivity contribution in [3.63, 3.8) is 0 Å². The van der Waals surface area contributed by atoms with Crippen LogP contribution >= 0.6 is 0 Å². The van der Waals surface area contributed by atoms with Crippen molar-refractivity contribution in [3.8, 4) is 79.2 Å². The highest BCUT2D eigenvalue weighted by atomic mass is 16.5. The van der Waals surface area contributed by atoms with Gasteiger partial charge in [-0.3, -0.25) is 0 Å². The molecule has 2 aliphatic rings. The first-order valence-electron chi connectivity index (χ1n) is 21.6. The molecule has 5 heteroatoms. The van der Waals surface area contributed by atoms with E-state index in [0.29, 0.717) is 17.5 Å². The summed E-state index contributed by atoms with van der Waals surface area (Å²) in [6.07, 6.45) is 0. The van der Waals surface area contributed by atoms with E-state index in [1.165, 1.54) is 22.3 Å². The van der Waals surface area contributed by atoms with Crippen LogP contribution in [0, 0.1) is 0 Å². The standard InChI is InChI=1S/C59H36N4O/c1-4-16-38(17-5-1)54-45-33-34-50-55(64-52-27-15-14-26-49(52)59(50)47-24-12-10-22-43(47)44-23-11-13-25-48(44)59)53(45)46-36-42(32-35-51(46)60-54)37-28-30-41(31-29-37)58-62-56(39-18-6-2-7-19-39)61-57(63-58)40-20-8-3-9-21-40/h1-36H. The Bertz CT molecular complexity index is 3520. The predicted molar refractivity (Wildman–Crippen MR) is 257 cm³/mol. The van der Waals surface area contributed by atoms with Crippen molar-refractivity contribution in [2.75, 3.05) is 0 Å². The number of hydrogen-bond acceptors (Lipinski definition) is 5. The fourth-order valence-electron chi connectivity index (χ4n) is 10.1. The summed E-state index contributed by atoms with van der Waals surface area (Å²) < 4.78 is 7.25. The molecule has 1 aliphatic carbocycles. The topological polar surface area (TPSA) is 60.8 Å². The monoisotopic (exact) mass is 816 g/mol. The van der Waals surface area contributed by atoms with Crippen molar-refractivity contribution in [1.82, 2.24) is 19.9 Å². The van der Waals surface area contributed by atoms with Crippen LogP contribution in [0.5, 0.6) is 11.5 Å². The van der Waals surface area contributed by atoms with Crippen LogP contribution in [-0.2, 0) is 5.41 Å². The van der Waals surface area contributed by atoms with Gasteiger partial charge >= 0.3 is 0 Å². The Morgan fingerprint density at radius 2 is 0.812 bits per heavy atom. The van der Waals surface area contributed by atoms with Crippen LogP contribution in [-0.4, -0.2) is 19.9 Å². The minimum Gasteiger partial charge on any atom is -0.456 e. The molecule has 0 saturated carbocycles. The summed E-state index contributed by atoms with van der Waals surface area (Å²) in [7, 11) is 0. The average molecular weight is 817 g/mol. The maximum atomic E-state index is 7.25. The molecular formula is C59H36N4O. The van der Waals surface area contributed by atoms with E-state index in [1.54, 1.807) is 0 Å². The third kappa shape index (κ3) is 5.44. The van der Waals surface area contributed by atoms with Gasteiger partial charge in [0.1, 0.15) is 11.5 Å². The molecule has 0 amide bonds. The number of fused-ring (bicyclic) bond motifs is 13. The van der Waals surface area contributed by atoms with Crippen LogP contribution in [0.25, 0.3) is 89.4 Å². The summed E-state index contributed by atoms with van der Waals surface area (Å²) in [5.74, 6) is 3.61. The molecule has 0 saturated heterocycles. The Morgan fingerprint density at radius 3 is 1.42 bits per heavy atom. The van der Waals surface area contributed by atoms with E-state index in [-0.39, 0.29) is 0 Å². The van der Waals surface area contributed by atoms with Crippen LogP contribution in [0.2, 0.25) is 0 Å². The lowest BCUT2D eigenvalue weighted by atomic mass is 9.65. The van der Waals surface area contributed by atoms with Crippen LogP contribution in [0.3, 0.4) is 0 Å². The minimum atomic E-state index is -0.586. The van der Waals surface area contributed by atoms with Gasteiger partial charge < -0.3 is 4.74 Å². The number of nitrogens with zero attached hydrogens (tertiary/aromatic N) is 4. The molecule has 11 aromatic rings. The Balaban J connectivity index is 1.02. The molecule has 1 spiro atoms. The van der Waals surface area contributed by atoms with Crippen molar-refractivity contribution in [2.24, 2.45) is 0 Å². The third-order valence-corrected chi connectivity index (χ3v) is 13.0. The van der Waals surface area contributed by atoms with Crippen molar-refractivity contribution in [3.05, 3.63) is 241 Å². The molecule has 2 aromatic heterocycles. The zero-order valence-electron chi connectivity index (χ0n) is 34.5. The van der Waals surface area contributed by atoms with Gasteiger partial charge in [0.15, 0.2) is 17.5 Å². The Labute approximate surface area is 370 Å². The quantitative estimate of drug-likeness (QED) is 0.162.